The molecule has 0 fully saturated rings. The predicted molar refractivity (Wildman–Crippen MR) is 91.0 cm³/mol. The van der Waals surface area contributed by atoms with Gasteiger partial charge in [-0.2, -0.15) is 0 Å². The summed E-state index contributed by atoms with van der Waals surface area (Å²) in [5.74, 6) is -1.61. The molecule has 11 nitrogen and oxygen atoms in total. The third-order valence-corrected chi connectivity index (χ3v) is 4.22. The van der Waals surface area contributed by atoms with Crippen molar-refractivity contribution >= 4 is 0 Å². The molecule has 27 heavy (non-hydrogen) atoms. The van der Waals surface area contributed by atoms with Crippen molar-refractivity contribution in [3.8, 4) is 23.3 Å². The summed E-state index contributed by atoms with van der Waals surface area (Å²) in [5, 5.41) is 10.2. The molecule has 0 amide bonds. The molecular formula is C16H12N4O7. The highest BCUT2D eigenvalue weighted by molar-refractivity contribution is 5.61. The zero-order chi connectivity index (χ0) is 19.3. The fraction of sp³-hybridized carbons (Fsp3) is 0.125. The Morgan fingerprint density at radius 2 is 1.63 bits per heavy atom. The standard InChI is InChI=1S/C16H12N4O7/c1-26-6-4-2-3-5-7(8-11(21)17-15(24)18-12(8)22)9-13(23)19-16(25)20-14(9)27-10(5)6/h2-4,7H,1H3,(H2,19,20,23,25)(H3,17,18,21,22,24)/t7-/m0/s1. The number of hydrogen-bond donors (Lipinski definition) is 5. The number of ether oxygens (including phenoxy) is 2. The van der Waals surface area contributed by atoms with Gasteiger partial charge < -0.3 is 14.6 Å². The maximum atomic E-state index is 12.5. The fourth-order valence-corrected chi connectivity index (χ4v) is 3.16. The second-order valence-electron chi connectivity index (χ2n) is 5.74. The van der Waals surface area contributed by atoms with Crippen LogP contribution in [0.3, 0.4) is 0 Å². The Bertz CT molecular complexity index is 1270. The molecule has 11 heteroatoms. The summed E-state index contributed by atoms with van der Waals surface area (Å²) in [6.07, 6.45) is 0. The maximum absolute atomic E-state index is 12.5. The Balaban J connectivity index is 2.15. The van der Waals surface area contributed by atoms with E-state index in [-0.39, 0.29) is 28.5 Å². The highest BCUT2D eigenvalue weighted by Gasteiger charge is 2.37. The highest BCUT2D eigenvalue weighted by atomic mass is 16.5. The molecule has 1 aromatic carbocycles. The van der Waals surface area contributed by atoms with Gasteiger partial charge in [0.05, 0.1) is 24.2 Å². The van der Waals surface area contributed by atoms with Crippen LogP contribution in [0.2, 0.25) is 0 Å². The van der Waals surface area contributed by atoms with E-state index < -0.39 is 34.3 Å². The van der Waals surface area contributed by atoms with Gasteiger partial charge in [0.2, 0.25) is 11.8 Å². The Kier molecular flexibility index (Phi) is 3.51. The van der Waals surface area contributed by atoms with E-state index in [1.165, 1.54) is 7.11 Å². The van der Waals surface area contributed by atoms with Crippen molar-refractivity contribution in [2.75, 3.05) is 7.11 Å². The van der Waals surface area contributed by atoms with Crippen molar-refractivity contribution in [2.45, 2.75) is 5.92 Å². The van der Waals surface area contributed by atoms with Crippen LogP contribution in [0.5, 0.6) is 23.3 Å². The molecule has 0 bridgehead atoms. The fourth-order valence-electron chi connectivity index (χ4n) is 3.16. The number of aromatic amines is 4. The van der Waals surface area contributed by atoms with E-state index in [0.29, 0.717) is 5.56 Å². The van der Waals surface area contributed by atoms with Crippen LogP contribution in [0.15, 0.2) is 37.4 Å². The summed E-state index contributed by atoms with van der Waals surface area (Å²) in [6, 6.07) is 4.76. The van der Waals surface area contributed by atoms with Crippen LogP contribution in [0.25, 0.3) is 0 Å². The van der Waals surface area contributed by atoms with E-state index in [1.807, 2.05) is 4.98 Å². The van der Waals surface area contributed by atoms with Crippen LogP contribution >= 0.6 is 0 Å². The number of H-pyrrole nitrogens is 4. The van der Waals surface area contributed by atoms with Crippen LogP contribution in [0.1, 0.15) is 22.6 Å². The van der Waals surface area contributed by atoms with E-state index in [9.17, 15) is 24.3 Å². The molecule has 0 radical (unpaired) electrons. The third-order valence-electron chi connectivity index (χ3n) is 4.22. The second kappa shape index (κ2) is 5.76. The molecule has 1 aliphatic heterocycles. The highest BCUT2D eigenvalue weighted by Crippen LogP contribution is 2.48. The smallest absolute Gasteiger partial charge is 0.328 e. The molecular weight excluding hydrogens is 360 g/mol. The van der Waals surface area contributed by atoms with Gasteiger partial charge in [0, 0.05) is 5.56 Å². The molecule has 138 valence electrons. The second-order valence-corrected chi connectivity index (χ2v) is 5.74. The van der Waals surface area contributed by atoms with E-state index in [2.05, 4.69) is 15.0 Å². The van der Waals surface area contributed by atoms with Crippen LogP contribution < -0.4 is 32.0 Å². The van der Waals surface area contributed by atoms with Crippen molar-refractivity contribution in [1.82, 2.24) is 19.9 Å². The zero-order valence-corrected chi connectivity index (χ0v) is 13.7. The van der Waals surface area contributed by atoms with Gasteiger partial charge in [0.25, 0.3) is 11.1 Å². The lowest BCUT2D eigenvalue weighted by molar-refractivity contribution is 0.359. The molecule has 3 heterocycles. The van der Waals surface area contributed by atoms with Gasteiger partial charge in [-0.25, -0.2) is 9.59 Å². The molecule has 0 saturated heterocycles. The van der Waals surface area contributed by atoms with Gasteiger partial charge in [0.1, 0.15) is 0 Å². The molecule has 0 aliphatic carbocycles. The first kappa shape index (κ1) is 16.4. The number of nitrogens with one attached hydrogen (secondary N) is 4. The number of fused-ring (bicyclic) bond motifs is 2. The first-order valence-corrected chi connectivity index (χ1v) is 7.67. The first-order valence-electron chi connectivity index (χ1n) is 7.67. The Morgan fingerprint density at radius 3 is 2.30 bits per heavy atom. The summed E-state index contributed by atoms with van der Waals surface area (Å²) < 4.78 is 10.9. The number of hydrogen-bond acceptors (Lipinski definition) is 7. The number of aromatic hydroxyl groups is 1. The van der Waals surface area contributed by atoms with Gasteiger partial charge in [0.15, 0.2) is 11.5 Å². The molecule has 4 rings (SSSR count). The van der Waals surface area contributed by atoms with Crippen molar-refractivity contribution < 1.29 is 14.6 Å². The summed E-state index contributed by atoms with van der Waals surface area (Å²) in [6.45, 7) is 0. The Morgan fingerprint density at radius 1 is 0.963 bits per heavy atom. The number of para-hydroxylation sites is 1. The van der Waals surface area contributed by atoms with Crippen LogP contribution in [0, 0.1) is 0 Å². The quantitative estimate of drug-likeness (QED) is 0.314. The predicted octanol–water partition coefficient (Wildman–Crippen LogP) is -0.560. The molecule has 5 N–H and O–H groups in total. The van der Waals surface area contributed by atoms with E-state index in [4.69, 9.17) is 9.47 Å². The third kappa shape index (κ3) is 2.44. The zero-order valence-electron chi connectivity index (χ0n) is 13.7. The monoisotopic (exact) mass is 372 g/mol. The van der Waals surface area contributed by atoms with Crippen molar-refractivity contribution in [3.63, 3.8) is 0 Å². The molecule has 1 atom stereocenters. The molecule has 1 aliphatic rings. The van der Waals surface area contributed by atoms with Crippen molar-refractivity contribution in [3.05, 3.63) is 76.6 Å². The maximum Gasteiger partial charge on any atom is 0.328 e. The van der Waals surface area contributed by atoms with Gasteiger partial charge in [-0.15, -0.1) is 0 Å². The molecule has 3 aromatic rings. The Labute approximate surface area is 148 Å². The Hall–Kier alpha value is -4.02. The first-order chi connectivity index (χ1) is 12.9. The van der Waals surface area contributed by atoms with Gasteiger partial charge in [-0.05, 0) is 6.07 Å². The topological polar surface area (TPSA) is 170 Å². The van der Waals surface area contributed by atoms with E-state index in [0.717, 1.165) is 0 Å². The molecule has 0 saturated carbocycles. The van der Waals surface area contributed by atoms with Crippen molar-refractivity contribution in [1.29, 1.82) is 0 Å². The SMILES string of the molecule is COc1cccc2c1Oc1[nH]c(=O)[nH]c(=O)c1[C@@H]2c1c(O)[nH]c(=O)[nH]c1=O. The van der Waals surface area contributed by atoms with Crippen LogP contribution in [-0.2, 0) is 0 Å². The lowest BCUT2D eigenvalue weighted by Gasteiger charge is -2.27. The average Bonchev–Trinajstić information content (AvgIpc) is 2.59. The minimum Gasteiger partial charge on any atom is -0.494 e. The lowest BCUT2D eigenvalue weighted by atomic mass is 9.84. The van der Waals surface area contributed by atoms with Crippen LogP contribution in [0.4, 0.5) is 0 Å². The largest absolute Gasteiger partial charge is 0.494 e. The number of methoxy groups -OCH3 is 1. The van der Waals surface area contributed by atoms with Crippen LogP contribution in [-0.4, -0.2) is 32.2 Å². The molecule has 0 unspecified atom stereocenters. The normalized spacial score (nSPS) is 14.8. The number of aromatic nitrogens is 4. The van der Waals surface area contributed by atoms with Gasteiger partial charge in [-0.3, -0.25) is 29.5 Å². The summed E-state index contributed by atoms with van der Waals surface area (Å²) in [5.41, 5.74) is -3.49. The van der Waals surface area contributed by atoms with E-state index in [1.54, 1.807) is 18.2 Å². The summed E-state index contributed by atoms with van der Waals surface area (Å²) in [7, 11) is 1.40. The summed E-state index contributed by atoms with van der Waals surface area (Å²) in [4.78, 5) is 56.5. The minimum absolute atomic E-state index is 0.108. The minimum atomic E-state index is -1.14. The molecule has 2 aromatic heterocycles. The van der Waals surface area contributed by atoms with E-state index >= 15 is 0 Å². The lowest BCUT2D eigenvalue weighted by Crippen LogP contribution is -2.34. The average molecular weight is 372 g/mol. The van der Waals surface area contributed by atoms with Gasteiger partial charge >= 0.3 is 11.4 Å². The van der Waals surface area contributed by atoms with Gasteiger partial charge in [-0.1, -0.05) is 12.1 Å². The van der Waals surface area contributed by atoms with Crippen molar-refractivity contribution in [2.24, 2.45) is 0 Å². The number of rotatable bonds is 2. The number of benzene rings is 1. The summed E-state index contributed by atoms with van der Waals surface area (Å²) >= 11 is 0. The molecule has 0 spiro atoms.